The van der Waals surface area contributed by atoms with Crippen LogP contribution in [0.2, 0.25) is 0 Å². The van der Waals surface area contributed by atoms with Gasteiger partial charge in [-0.15, -0.1) is 0 Å². The summed E-state index contributed by atoms with van der Waals surface area (Å²) in [5.74, 6) is -2.16. The molecule has 0 unspecified atom stereocenters. The van der Waals surface area contributed by atoms with Crippen molar-refractivity contribution in [2.24, 2.45) is 5.73 Å². The van der Waals surface area contributed by atoms with Crippen molar-refractivity contribution in [1.82, 2.24) is 10.6 Å². The van der Waals surface area contributed by atoms with Gasteiger partial charge < -0.3 is 21.5 Å². The lowest BCUT2D eigenvalue weighted by Gasteiger charge is -2.14. The van der Waals surface area contributed by atoms with E-state index in [2.05, 4.69) is 29.7 Å². The maximum Gasteiger partial charge on any atom is 0.325 e. The molecule has 5 N–H and O–H groups in total. The molecule has 0 aliphatic heterocycles. The summed E-state index contributed by atoms with van der Waals surface area (Å²) in [6.45, 7) is 3.87. The number of hydrogen-bond donors (Lipinski definition) is 4. The largest absolute Gasteiger partial charge is 0.480 e. The second-order valence-electron chi connectivity index (χ2n) is 6.78. The molecule has 0 aliphatic rings. The monoisotopic (exact) mass is 377 g/mol. The Morgan fingerprint density at radius 2 is 1.70 bits per heavy atom. The van der Waals surface area contributed by atoms with Crippen LogP contribution in [0, 0.1) is 0 Å². The molecule has 0 aromatic heterocycles. The summed E-state index contributed by atoms with van der Waals surface area (Å²) in [7, 11) is 0. The third-order valence-corrected chi connectivity index (χ3v) is 4.30. The maximum atomic E-state index is 12.0. The Bertz CT molecular complexity index is 616. The Morgan fingerprint density at radius 1 is 1.07 bits per heavy atom. The van der Waals surface area contributed by atoms with Gasteiger partial charge >= 0.3 is 5.97 Å². The fourth-order valence-electron chi connectivity index (χ4n) is 2.55. The first-order chi connectivity index (χ1) is 12.8. The Morgan fingerprint density at radius 3 is 2.30 bits per heavy atom. The summed E-state index contributed by atoms with van der Waals surface area (Å²) < 4.78 is 0. The van der Waals surface area contributed by atoms with Crippen molar-refractivity contribution in [1.29, 1.82) is 0 Å². The minimum Gasteiger partial charge on any atom is -0.480 e. The van der Waals surface area contributed by atoms with Gasteiger partial charge in [0.15, 0.2) is 0 Å². The van der Waals surface area contributed by atoms with Crippen LogP contribution in [0.4, 0.5) is 0 Å². The van der Waals surface area contributed by atoms with E-state index in [0.717, 1.165) is 12.0 Å². The number of carboxylic acids is 1. The predicted octanol–water partition coefficient (Wildman–Crippen LogP) is 1.73. The smallest absolute Gasteiger partial charge is 0.325 e. The van der Waals surface area contributed by atoms with Crippen LogP contribution in [0.25, 0.3) is 0 Å². The lowest BCUT2D eigenvalue weighted by atomic mass is 10.0. The van der Waals surface area contributed by atoms with Crippen LogP contribution in [-0.4, -0.2) is 35.0 Å². The van der Waals surface area contributed by atoms with Crippen LogP contribution in [0.1, 0.15) is 57.1 Å². The number of unbranched alkanes of at least 4 members (excludes halogenated alkanes) is 3. The quantitative estimate of drug-likeness (QED) is 0.413. The van der Waals surface area contributed by atoms with E-state index < -0.39 is 29.9 Å². The molecule has 0 saturated carbocycles. The van der Waals surface area contributed by atoms with Gasteiger partial charge in [-0.2, -0.15) is 0 Å². The second kappa shape index (κ2) is 12.1. The zero-order valence-electron chi connectivity index (χ0n) is 16.2. The highest BCUT2D eigenvalue weighted by molar-refractivity contribution is 5.89. The summed E-state index contributed by atoms with van der Waals surface area (Å²) in [6.07, 6.45) is 5.70. The molecule has 0 radical (unpaired) electrons. The minimum absolute atomic E-state index is 0.264. The molecule has 7 heteroatoms. The number of carbonyl (C=O) groups is 3. The maximum absolute atomic E-state index is 12.0. The molecule has 2 atom stereocenters. The fourth-order valence-corrected chi connectivity index (χ4v) is 2.55. The molecular formula is C20H31N3O4. The third kappa shape index (κ3) is 9.19. The molecule has 0 spiro atoms. The number of carbonyl (C=O) groups excluding carboxylic acids is 2. The number of amides is 2. The molecule has 1 aromatic carbocycles. The topological polar surface area (TPSA) is 122 Å². The molecule has 150 valence electrons. The Kier molecular flexibility index (Phi) is 10.1. The van der Waals surface area contributed by atoms with Gasteiger partial charge in [0.2, 0.25) is 11.8 Å². The number of aliphatic carboxylic acids is 1. The van der Waals surface area contributed by atoms with Crippen molar-refractivity contribution in [3.63, 3.8) is 0 Å². The van der Waals surface area contributed by atoms with Crippen LogP contribution in [0.5, 0.6) is 0 Å². The van der Waals surface area contributed by atoms with Crippen molar-refractivity contribution in [3.05, 3.63) is 35.4 Å². The number of carboxylic acid groups (broad SMARTS) is 1. The lowest BCUT2D eigenvalue weighted by Crippen LogP contribution is -2.46. The number of rotatable bonds is 12. The van der Waals surface area contributed by atoms with Gasteiger partial charge in [-0.1, -0.05) is 50.5 Å². The number of aryl methyl sites for hydroxylation is 1. The first kappa shape index (κ1) is 22.6. The molecule has 2 amide bonds. The Balaban J connectivity index is 2.36. The molecule has 0 heterocycles. The van der Waals surface area contributed by atoms with E-state index in [1.54, 1.807) is 0 Å². The van der Waals surface area contributed by atoms with Crippen LogP contribution in [0.15, 0.2) is 24.3 Å². The van der Waals surface area contributed by atoms with Gasteiger partial charge in [-0.3, -0.25) is 14.4 Å². The average Bonchev–Trinajstić information content (AvgIpc) is 2.63. The number of nitrogens with two attached hydrogens (primary N) is 1. The number of benzene rings is 1. The normalized spacial score (nSPS) is 12.9. The van der Waals surface area contributed by atoms with Gasteiger partial charge in [-0.25, -0.2) is 0 Å². The molecular weight excluding hydrogens is 346 g/mol. The molecule has 1 rings (SSSR count). The van der Waals surface area contributed by atoms with Crippen LogP contribution in [0.3, 0.4) is 0 Å². The van der Waals surface area contributed by atoms with Crippen molar-refractivity contribution < 1.29 is 19.5 Å². The zero-order valence-corrected chi connectivity index (χ0v) is 16.2. The van der Waals surface area contributed by atoms with E-state index >= 15 is 0 Å². The van der Waals surface area contributed by atoms with Crippen molar-refractivity contribution in [3.8, 4) is 0 Å². The van der Waals surface area contributed by atoms with Gasteiger partial charge in [0.05, 0.1) is 12.5 Å². The SMILES string of the molecule is CCCCCCc1ccc(CNC(=O)[C@@H](N)CC(=O)N[C@@H](C)C(=O)O)cc1. The standard InChI is InChI=1S/C20H31N3O4/c1-3-4-5-6-7-15-8-10-16(11-9-15)13-22-19(25)17(21)12-18(24)23-14(2)20(26)27/h8-11,14,17H,3-7,12-13,21H2,1-2H3,(H,22,25)(H,23,24)(H,26,27)/t14-,17-/m0/s1. The number of nitrogens with one attached hydrogen (secondary N) is 2. The van der Waals surface area contributed by atoms with Crippen LogP contribution in [-0.2, 0) is 27.3 Å². The van der Waals surface area contributed by atoms with E-state index in [0.29, 0.717) is 6.54 Å². The summed E-state index contributed by atoms with van der Waals surface area (Å²) >= 11 is 0. The predicted molar refractivity (Wildman–Crippen MR) is 104 cm³/mol. The zero-order chi connectivity index (χ0) is 20.2. The third-order valence-electron chi connectivity index (χ3n) is 4.30. The second-order valence-corrected chi connectivity index (χ2v) is 6.78. The van der Waals surface area contributed by atoms with E-state index in [9.17, 15) is 14.4 Å². The Hall–Kier alpha value is -2.41. The highest BCUT2D eigenvalue weighted by Gasteiger charge is 2.20. The highest BCUT2D eigenvalue weighted by Crippen LogP contribution is 2.10. The Labute approximate surface area is 160 Å². The van der Waals surface area contributed by atoms with Crippen molar-refractivity contribution in [2.75, 3.05) is 0 Å². The molecule has 0 bridgehead atoms. The van der Waals surface area contributed by atoms with Crippen molar-refractivity contribution in [2.45, 2.75) is 71.0 Å². The molecule has 27 heavy (non-hydrogen) atoms. The molecule has 0 saturated heterocycles. The average molecular weight is 377 g/mol. The summed E-state index contributed by atoms with van der Waals surface area (Å²) in [6, 6.07) is 6.03. The van der Waals surface area contributed by atoms with Gasteiger partial charge in [0.25, 0.3) is 0 Å². The summed E-state index contributed by atoms with van der Waals surface area (Å²) in [4.78, 5) is 34.4. The first-order valence-electron chi connectivity index (χ1n) is 9.46. The van der Waals surface area contributed by atoms with E-state index in [4.69, 9.17) is 10.8 Å². The minimum atomic E-state index is -1.14. The highest BCUT2D eigenvalue weighted by atomic mass is 16.4. The van der Waals surface area contributed by atoms with Crippen molar-refractivity contribution >= 4 is 17.8 Å². The summed E-state index contributed by atoms with van der Waals surface area (Å²) in [5.41, 5.74) is 7.95. The molecule has 0 aliphatic carbocycles. The fraction of sp³-hybridized carbons (Fsp3) is 0.550. The molecule has 1 aromatic rings. The van der Waals surface area contributed by atoms with Gasteiger partial charge in [-0.05, 0) is 30.9 Å². The van der Waals surface area contributed by atoms with Crippen LogP contribution < -0.4 is 16.4 Å². The molecule has 0 fully saturated rings. The van der Waals surface area contributed by atoms with E-state index in [1.807, 2.05) is 12.1 Å². The van der Waals surface area contributed by atoms with E-state index in [-0.39, 0.29) is 6.42 Å². The van der Waals surface area contributed by atoms with Crippen LogP contribution >= 0.6 is 0 Å². The lowest BCUT2D eigenvalue weighted by molar-refractivity contribution is -0.141. The first-order valence-corrected chi connectivity index (χ1v) is 9.46. The summed E-state index contributed by atoms with van der Waals surface area (Å²) in [5, 5.41) is 13.7. The number of hydrogen-bond acceptors (Lipinski definition) is 4. The molecule has 7 nitrogen and oxygen atoms in total. The van der Waals surface area contributed by atoms with Gasteiger partial charge in [0, 0.05) is 6.54 Å². The van der Waals surface area contributed by atoms with E-state index in [1.165, 1.54) is 38.2 Å². The van der Waals surface area contributed by atoms with Gasteiger partial charge in [0.1, 0.15) is 6.04 Å².